The maximum absolute atomic E-state index is 11.3. The van der Waals surface area contributed by atoms with Gasteiger partial charge in [-0.2, -0.15) is 0 Å². The summed E-state index contributed by atoms with van der Waals surface area (Å²) in [6, 6.07) is 0.219. The van der Waals surface area contributed by atoms with E-state index in [1.54, 1.807) is 0 Å². The highest BCUT2D eigenvalue weighted by molar-refractivity contribution is 6.02. The summed E-state index contributed by atoms with van der Waals surface area (Å²) in [7, 11) is 0. The van der Waals surface area contributed by atoms with E-state index in [4.69, 9.17) is 19.9 Å². The predicted octanol–water partition coefficient (Wildman–Crippen LogP) is 2.17. The number of hydrogen-bond donors (Lipinski definition) is 4. The first-order valence-corrected chi connectivity index (χ1v) is 5.92. The molecule has 0 aliphatic carbocycles. The second-order valence-corrected chi connectivity index (χ2v) is 3.89. The molecule has 2 rings (SSSR count). The van der Waals surface area contributed by atoms with E-state index in [1.165, 1.54) is 12.1 Å². The van der Waals surface area contributed by atoms with Crippen molar-refractivity contribution in [1.29, 1.82) is 2.86 Å². The Bertz CT molecular complexity index is 1020. The number of aromatic carboxylic acids is 4. The SMILES string of the molecule is [3H]OC(=O)c1c([3H])c([3H])c([3H])c([3H])c1C(=O)O[3H].[3H]c1cccc(C(=O)O)c1C(=O)O. The lowest BCUT2D eigenvalue weighted by Crippen LogP contribution is -2.06. The van der Waals surface area contributed by atoms with Crippen LogP contribution in [0.5, 0.6) is 0 Å². The van der Waals surface area contributed by atoms with Gasteiger partial charge in [-0.1, -0.05) is 24.2 Å². The number of hydrogen-bond acceptors (Lipinski definition) is 6. The van der Waals surface area contributed by atoms with E-state index in [9.17, 15) is 19.2 Å². The van der Waals surface area contributed by atoms with Crippen molar-refractivity contribution in [2.45, 2.75) is 0 Å². The molecule has 0 spiro atoms. The van der Waals surface area contributed by atoms with Crippen LogP contribution in [0.2, 0.25) is 0 Å². The van der Waals surface area contributed by atoms with E-state index in [-0.39, 0.29) is 11.6 Å². The smallest absolute Gasteiger partial charge is 0.336 e. The van der Waals surface area contributed by atoms with Crippen molar-refractivity contribution in [3.05, 3.63) is 70.7 Å². The fraction of sp³-hybridized carbons (Fsp3) is 0. The summed E-state index contributed by atoms with van der Waals surface area (Å²) in [6.45, 7) is 0. The predicted molar refractivity (Wildman–Crippen MR) is 80.7 cm³/mol. The molecule has 0 saturated carbocycles. The van der Waals surface area contributed by atoms with Crippen molar-refractivity contribution < 1.29 is 46.5 Å². The number of carboxylic acids is 4. The zero-order valence-electron chi connectivity index (χ0n) is 18.6. The van der Waals surface area contributed by atoms with Gasteiger partial charge < -0.3 is 20.4 Å². The van der Waals surface area contributed by atoms with E-state index in [0.717, 1.165) is 6.07 Å². The first-order chi connectivity index (χ1) is 14.4. The van der Waals surface area contributed by atoms with Gasteiger partial charge in [0.1, 0.15) is 0 Å². The molecule has 24 heavy (non-hydrogen) atoms. The van der Waals surface area contributed by atoms with Gasteiger partial charge in [-0.15, -0.1) is 0 Å². The van der Waals surface area contributed by atoms with Crippen LogP contribution in [-0.4, -0.2) is 44.3 Å². The second kappa shape index (κ2) is 8.08. The number of benzene rings is 2. The van der Waals surface area contributed by atoms with Gasteiger partial charge in [-0.05, 0) is 24.2 Å². The number of carbonyl (C=O) groups is 4. The molecule has 0 aliphatic rings. The lowest BCUT2D eigenvalue weighted by atomic mass is 10.1. The molecule has 0 unspecified atom stereocenters. The minimum atomic E-state index is -1.44. The second-order valence-electron chi connectivity index (χ2n) is 3.89. The molecule has 0 aromatic heterocycles. The van der Waals surface area contributed by atoms with Crippen LogP contribution in [0.25, 0.3) is 2.86 Å². The third-order valence-corrected chi connectivity index (χ3v) is 2.40. The van der Waals surface area contributed by atoms with Crippen LogP contribution >= 0.6 is 0 Å². The maximum atomic E-state index is 11.3. The Morgan fingerprint density at radius 2 is 1.17 bits per heavy atom. The summed E-state index contributed by atoms with van der Waals surface area (Å²) in [4.78, 5) is 43.6. The van der Waals surface area contributed by atoms with Crippen LogP contribution in [0.3, 0.4) is 0 Å². The van der Waals surface area contributed by atoms with Crippen molar-refractivity contribution in [2.75, 3.05) is 0 Å². The van der Waals surface area contributed by atoms with Crippen LogP contribution in [-0.2, 0) is 0 Å². The van der Waals surface area contributed by atoms with E-state index in [1.807, 2.05) is 0 Å². The number of rotatable bonds is 4. The average Bonchev–Trinajstić information content (AvgIpc) is 2.73. The van der Waals surface area contributed by atoms with Gasteiger partial charge in [0.25, 0.3) is 2.86 Å². The molecule has 0 amide bonds. The van der Waals surface area contributed by atoms with Crippen molar-refractivity contribution in [3.63, 3.8) is 0 Å². The molecule has 4 N–H and O–H groups in total. The molecule has 2 aromatic carbocycles. The normalized spacial score (nSPS) is 13.1. The lowest BCUT2D eigenvalue weighted by molar-refractivity contribution is 0.0651. The van der Waals surface area contributed by atoms with Crippen LogP contribution in [0.15, 0.2) is 48.4 Å². The average molecular weight is 346 g/mol. The largest absolute Gasteiger partial charge is 0.478 e. The van der Waals surface area contributed by atoms with Crippen LogP contribution in [0, 0.1) is 0 Å². The van der Waals surface area contributed by atoms with Gasteiger partial charge >= 0.3 is 23.9 Å². The zero-order chi connectivity index (χ0) is 24.0. The van der Waals surface area contributed by atoms with Crippen LogP contribution < -0.4 is 0 Å². The summed E-state index contributed by atoms with van der Waals surface area (Å²) in [5.41, 5.74) is -2.52. The Hall–Kier alpha value is -3.68. The highest BCUT2D eigenvalue weighted by Crippen LogP contribution is 2.08. The van der Waals surface area contributed by atoms with Gasteiger partial charge in [0.2, 0.25) is 0 Å². The highest BCUT2D eigenvalue weighted by atomic mass is 16.4. The Morgan fingerprint density at radius 1 is 0.708 bits per heavy atom. The standard InChI is InChI=1S/2C8H6O4/c2*9-7(10)5-3-1-2-4-6(5)8(11)12/h2*1-4H,(H,9,10)(H,11,12)/i1T,2T,3T,4T;3T/hT2. The van der Waals surface area contributed by atoms with Crippen molar-refractivity contribution >= 4 is 23.9 Å². The third-order valence-electron chi connectivity index (χ3n) is 2.40. The summed E-state index contributed by atoms with van der Waals surface area (Å²) < 4.78 is 49.6. The molecule has 0 heterocycles. The summed E-state index contributed by atoms with van der Waals surface area (Å²) >= 11 is 0. The topological polar surface area (TPSA) is 149 Å². The van der Waals surface area contributed by atoms with Gasteiger partial charge in [-0.25, -0.2) is 19.2 Å². The van der Waals surface area contributed by atoms with Gasteiger partial charge in [0, 0.05) is 0 Å². The first kappa shape index (κ1) is 10.2. The molecular weight excluding hydrogens is 320 g/mol. The minimum absolute atomic E-state index is 0.299. The molecule has 0 fully saturated rings. The molecule has 0 saturated heterocycles. The van der Waals surface area contributed by atoms with Gasteiger partial charge in [0.15, 0.2) is 0 Å². The van der Waals surface area contributed by atoms with Crippen molar-refractivity contribution in [2.24, 2.45) is 0 Å². The molecule has 0 aliphatic heterocycles. The molecule has 2 aromatic rings. The summed E-state index contributed by atoms with van der Waals surface area (Å²) in [5.74, 6) is -5.63. The molecule has 124 valence electrons. The minimum Gasteiger partial charge on any atom is -0.478 e. The summed E-state index contributed by atoms with van der Waals surface area (Å²) in [5, 5.41) is 24.4. The highest BCUT2D eigenvalue weighted by Gasteiger charge is 2.14. The monoisotopic (exact) mass is 346 g/mol. The quantitative estimate of drug-likeness (QED) is 0.658. The number of carboxylic acid groups (broad SMARTS) is 4. The van der Waals surface area contributed by atoms with Crippen molar-refractivity contribution in [3.8, 4) is 0 Å². The van der Waals surface area contributed by atoms with E-state index in [2.05, 4.69) is 10.2 Å². The Labute approximate surface area is 145 Å². The van der Waals surface area contributed by atoms with Gasteiger partial charge in [0.05, 0.1) is 29.1 Å². The first-order valence-electron chi connectivity index (χ1n) is 9.23. The van der Waals surface area contributed by atoms with E-state index in [0.29, 0.717) is 0 Å². The Kier molecular flexibility index (Phi) is 3.42. The summed E-state index contributed by atoms with van der Waals surface area (Å²) in [6.07, 6.45) is 0. The van der Waals surface area contributed by atoms with Crippen LogP contribution in [0.4, 0.5) is 0 Å². The molecule has 8 heteroatoms. The third kappa shape index (κ3) is 4.67. The Morgan fingerprint density at radius 3 is 1.54 bits per heavy atom. The Balaban J connectivity index is 0.000000327. The fourth-order valence-electron chi connectivity index (χ4n) is 1.41. The zero-order valence-corrected chi connectivity index (χ0v) is 11.6. The molecule has 0 radical (unpaired) electrons. The fourth-order valence-corrected chi connectivity index (χ4v) is 1.41. The molecular formula is C16H12O8. The van der Waals surface area contributed by atoms with E-state index >= 15 is 0 Å². The maximum Gasteiger partial charge on any atom is 0.336 e. The molecule has 8 nitrogen and oxygen atoms in total. The van der Waals surface area contributed by atoms with Crippen LogP contribution in [0.1, 0.15) is 48.3 Å². The molecule has 0 atom stereocenters. The van der Waals surface area contributed by atoms with E-state index < -0.39 is 64.7 Å². The molecule has 0 bridgehead atoms. The van der Waals surface area contributed by atoms with Crippen molar-refractivity contribution in [1.82, 2.24) is 0 Å². The lowest BCUT2D eigenvalue weighted by Gasteiger charge is -1.98. The van der Waals surface area contributed by atoms with Gasteiger partial charge in [-0.3, -0.25) is 0 Å².